The first-order chi connectivity index (χ1) is 5.77. The molecule has 1 aliphatic carbocycles. The van der Waals surface area contributed by atoms with E-state index < -0.39 is 0 Å². The smallest absolute Gasteiger partial charge is 0.308 e. The number of ether oxygens (including phenoxy) is 1. The fraction of sp³-hybridized carbons (Fsp3) is 0.667. The molecule has 0 aromatic heterocycles. The number of carbonyl (C=O) groups is 1. The molecule has 3 nitrogen and oxygen atoms in total. The molecule has 0 amide bonds. The van der Waals surface area contributed by atoms with E-state index in [4.69, 9.17) is 0 Å². The van der Waals surface area contributed by atoms with Crippen LogP contribution in [0.2, 0.25) is 0 Å². The minimum atomic E-state index is -0.153. The number of esters is 1. The minimum absolute atomic E-state index is 0.00731. The Morgan fingerprint density at radius 1 is 1.50 bits per heavy atom. The van der Waals surface area contributed by atoms with Crippen molar-refractivity contribution in [3.05, 3.63) is 5.57 Å². The molecule has 0 unspecified atom stereocenters. The van der Waals surface area contributed by atoms with Gasteiger partial charge in [-0.15, -0.1) is 0 Å². The van der Waals surface area contributed by atoms with Crippen LogP contribution in [0.15, 0.2) is 5.57 Å². The molecule has 1 saturated carbocycles. The molecule has 3 heteroatoms. The van der Waals surface area contributed by atoms with E-state index in [2.05, 4.69) is 4.74 Å². The minimum Gasteiger partial charge on any atom is -0.469 e. The highest BCUT2D eigenvalue weighted by Gasteiger charge is 2.23. The SMILES string of the molecule is COC(=O)C1CCC(=C=O)CC1. The van der Waals surface area contributed by atoms with Gasteiger partial charge < -0.3 is 4.74 Å². The van der Waals surface area contributed by atoms with Crippen molar-refractivity contribution in [3.63, 3.8) is 0 Å². The maximum Gasteiger partial charge on any atom is 0.308 e. The predicted octanol–water partition coefficient (Wildman–Crippen LogP) is 1.11. The molecule has 0 atom stereocenters. The average molecular weight is 168 g/mol. The van der Waals surface area contributed by atoms with Crippen LogP contribution in [0, 0.1) is 5.92 Å². The first kappa shape index (κ1) is 9.01. The van der Waals surface area contributed by atoms with Crippen molar-refractivity contribution in [3.8, 4) is 0 Å². The summed E-state index contributed by atoms with van der Waals surface area (Å²) in [6.07, 6.45) is 2.86. The molecule has 0 saturated heterocycles. The highest BCUT2D eigenvalue weighted by molar-refractivity contribution is 5.72. The Kier molecular flexibility index (Phi) is 3.06. The van der Waals surface area contributed by atoms with Gasteiger partial charge in [0.05, 0.1) is 13.0 Å². The second-order valence-corrected chi connectivity index (χ2v) is 3.00. The molecular formula is C9H12O3. The van der Waals surface area contributed by atoms with Crippen molar-refractivity contribution < 1.29 is 14.3 Å². The third-order valence-electron chi connectivity index (χ3n) is 2.27. The molecule has 12 heavy (non-hydrogen) atoms. The third-order valence-corrected chi connectivity index (χ3v) is 2.27. The Morgan fingerprint density at radius 2 is 2.08 bits per heavy atom. The fourth-order valence-electron chi connectivity index (χ4n) is 1.47. The summed E-state index contributed by atoms with van der Waals surface area (Å²) in [6, 6.07) is 0. The van der Waals surface area contributed by atoms with Gasteiger partial charge in [0.2, 0.25) is 0 Å². The summed E-state index contributed by atoms with van der Waals surface area (Å²) in [5.41, 5.74) is 0.801. The normalized spacial score (nSPS) is 23.1. The quantitative estimate of drug-likeness (QED) is 0.435. The van der Waals surface area contributed by atoms with Crippen LogP contribution < -0.4 is 0 Å². The van der Waals surface area contributed by atoms with Crippen molar-refractivity contribution in [2.24, 2.45) is 5.92 Å². The molecule has 0 heterocycles. The molecule has 0 N–H and O–H groups in total. The molecule has 1 fully saturated rings. The van der Waals surface area contributed by atoms with Crippen LogP contribution in [0.1, 0.15) is 25.7 Å². The van der Waals surface area contributed by atoms with Crippen LogP contribution in [-0.2, 0) is 14.3 Å². The van der Waals surface area contributed by atoms with Crippen LogP contribution in [0.5, 0.6) is 0 Å². The van der Waals surface area contributed by atoms with E-state index in [0.717, 1.165) is 18.4 Å². The summed E-state index contributed by atoms with van der Waals surface area (Å²) in [5.74, 6) is 1.74. The topological polar surface area (TPSA) is 43.4 Å². The third kappa shape index (κ3) is 1.95. The van der Waals surface area contributed by atoms with Gasteiger partial charge in [-0.3, -0.25) is 4.79 Å². The molecule has 0 aliphatic heterocycles. The van der Waals surface area contributed by atoms with E-state index >= 15 is 0 Å². The number of methoxy groups -OCH3 is 1. The van der Waals surface area contributed by atoms with Gasteiger partial charge in [0.1, 0.15) is 5.94 Å². The summed E-state index contributed by atoms with van der Waals surface area (Å²) in [6.45, 7) is 0. The Bertz CT molecular complexity index is 216. The first-order valence-electron chi connectivity index (χ1n) is 4.08. The zero-order chi connectivity index (χ0) is 8.97. The average Bonchev–Trinajstić information content (AvgIpc) is 2.17. The number of allylic oxidation sites excluding steroid dienone is 1. The molecule has 0 radical (unpaired) electrons. The fourth-order valence-corrected chi connectivity index (χ4v) is 1.47. The Labute approximate surface area is 71.4 Å². The van der Waals surface area contributed by atoms with Crippen molar-refractivity contribution in [1.29, 1.82) is 0 Å². The number of hydrogen-bond donors (Lipinski definition) is 0. The summed E-state index contributed by atoms with van der Waals surface area (Å²) in [4.78, 5) is 21.3. The van der Waals surface area contributed by atoms with E-state index in [1.54, 1.807) is 0 Å². The maximum absolute atomic E-state index is 11.0. The molecule has 0 aromatic carbocycles. The van der Waals surface area contributed by atoms with Gasteiger partial charge in [-0.1, -0.05) is 0 Å². The van der Waals surface area contributed by atoms with Gasteiger partial charge in [-0.2, -0.15) is 0 Å². The predicted molar refractivity (Wildman–Crippen MR) is 43.2 cm³/mol. The van der Waals surface area contributed by atoms with Gasteiger partial charge in [0.15, 0.2) is 0 Å². The number of rotatable bonds is 1. The number of hydrogen-bond acceptors (Lipinski definition) is 3. The van der Waals surface area contributed by atoms with Crippen molar-refractivity contribution in [1.82, 2.24) is 0 Å². The van der Waals surface area contributed by atoms with Crippen LogP contribution in [-0.4, -0.2) is 19.0 Å². The maximum atomic E-state index is 11.0. The lowest BCUT2D eigenvalue weighted by molar-refractivity contribution is -0.146. The molecule has 0 spiro atoms. The van der Waals surface area contributed by atoms with E-state index in [0.29, 0.717) is 12.8 Å². The van der Waals surface area contributed by atoms with Crippen LogP contribution in [0.25, 0.3) is 0 Å². The van der Waals surface area contributed by atoms with Gasteiger partial charge in [0, 0.05) is 5.57 Å². The van der Waals surface area contributed by atoms with E-state index in [1.165, 1.54) is 7.11 Å². The van der Waals surface area contributed by atoms with Crippen LogP contribution >= 0.6 is 0 Å². The van der Waals surface area contributed by atoms with Gasteiger partial charge in [-0.25, -0.2) is 4.79 Å². The molecular weight excluding hydrogens is 156 g/mol. The van der Waals surface area contributed by atoms with Gasteiger partial charge >= 0.3 is 5.97 Å². The second kappa shape index (κ2) is 4.07. The Balaban J connectivity index is 2.46. The van der Waals surface area contributed by atoms with Crippen molar-refractivity contribution >= 4 is 11.9 Å². The molecule has 1 aliphatic rings. The summed E-state index contributed by atoms with van der Waals surface area (Å²) >= 11 is 0. The standard InChI is InChI=1S/C9H12O3/c1-12-9(11)8-4-2-7(6-10)3-5-8/h8H,2-5H2,1H3. The zero-order valence-corrected chi connectivity index (χ0v) is 7.13. The van der Waals surface area contributed by atoms with E-state index in [9.17, 15) is 9.59 Å². The molecule has 1 rings (SSSR count). The van der Waals surface area contributed by atoms with E-state index in [-0.39, 0.29) is 11.9 Å². The molecule has 0 aromatic rings. The zero-order valence-electron chi connectivity index (χ0n) is 7.13. The lowest BCUT2D eigenvalue weighted by Gasteiger charge is -2.19. The largest absolute Gasteiger partial charge is 0.469 e. The van der Waals surface area contributed by atoms with Crippen LogP contribution in [0.4, 0.5) is 0 Å². The van der Waals surface area contributed by atoms with E-state index in [1.807, 2.05) is 5.94 Å². The first-order valence-corrected chi connectivity index (χ1v) is 4.08. The van der Waals surface area contributed by atoms with Crippen molar-refractivity contribution in [2.45, 2.75) is 25.7 Å². The summed E-state index contributed by atoms with van der Waals surface area (Å²) in [5, 5.41) is 0. The van der Waals surface area contributed by atoms with Gasteiger partial charge in [-0.05, 0) is 25.7 Å². The van der Waals surface area contributed by atoms with Gasteiger partial charge in [0.25, 0.3) is 0 Å². The molecule has 0 bridgehead atoms. The highest BCUT2D eigenvalue weighted by atomic mass is 16.5. The number of carbonyl (C=O) groups excluding carboxylic acids is 2. The summed E-state index contributed by atoms with van der Waals surface area (Å²) < 4.78 is 4.61. The van der Waals surface area contributed by atoms with Crippen LogP contribution in [0.3, 0.4) is 0 Å². The van der Waals surface area contributed by atoms with Crippen molar-refractivity contribution in [2.75, 3.05) is 7.11 Å². The lowest BCUT2D eigenvalue weighted by Crippen LogP contribution is -2.19. The monoisotopic (exact) mass is 168 g/mol. The highest BCUT2D eigenvalue weighted by Crippen LogP contribution is 2.27. The lowest BCUT2D eigenvalue weighted by atomic mass is 9.86. The second-order valence-electron chi connectivity index (χ2n) is 3.00. The molecule has 66 valence electrons. The summed E-state index contributed by atoms with van der Waals surface area (Å²) in [7, 11) is 1.40. The Morgan fingerprint density at radius 3 is 2.50 bits per heavy atom. The Hall–Kier alpha value is -1.08.